The van der Waals surface area contributed by atoms with Crippen LogP contribution in [0.3, 0.4) is 0 Å². The molecule has 1 saturated carbocycles. The van der Waals surface area contributed by atoms with E-state index in [1.165, 1.54) is 11.8 Å². The predicted molar refractivity (Wildman–Crippen MR) is 83.4 cm³/mol. The van der Waals surface area contributed by atoms with Crippen molar-refractivity contribution in [1.82, 2.24) is 15.3 Å². The van der Waals surface area contributed by atoms with Gasteiger partial charge in [-0.3, -0.25) is 10.1 Å². The lowest BCUT2D eigenvalue weighted by molar-refractivity contribution is -0.149. The fourth-order valence-corrected chi connectivity index (χ4v) is 3.13. The average molecular weight is 309 g/mol. The van der Waals surface area contributed by atoms with Gasteiger partial charge in [0, 0.05) is 23.2 Å². The van der Waals surface area contributed by atoms with Gasteiger partial charge in [0.2, 0.25) is 0 Å². The van der Waals surface area contributed by atoms with Crippen LogP contribution in [0.15, 0.2) is 11.2 Å². The summed E-state index contributed by atoms with van der Waals surface area (Å²) < 4.78 is 5.22. The van der Waals surface area contributed by atoms with Crippen molar-refractivity contribution >= 4 is 17.7 Å². The molecule has 1 N–H and O–H groups in total. The van der Waals surface area contributed by atoms with E-state index in [-0.39, 0.29) is 5.97 Å². The Bertz CT molecular complexity index is 499. The molecule has 1 atom stereocenters. The number of aromatic nitrogens is 2. The van der Waals surface area contributed by atoms with Gasteiger partial charge in [-0.05, 0) is 46.6 Å². The Labute approximate surface area is 130 Å². The molecule has 5 nitrogen and oxygen atoms in total. The van der Waals surface area contributed by atoms with Crippen molar-refractivity contribution in [3.63, 3.8) is 0 Å². The standard InChI is InChI=1S/C15H23N3O2S/c1-5-20-13(19)15(4,18-12-6-7-12)9-21-14-16-10(2)8-11(3)17-14/h8,12,18H,5-7,9H2,1-4H3. The summed E-state index contributed by atoms with van der Waals surface area (Å²) in [7, 11) is 0. The highest BCUT2D eigenvalue weighted by Crippen LogP contribution is 2.27. The van der Waals surface area contributed by atoms with Gasteiger partial charge in [0.25, 0.3) is 0 Å². The first-order valence-corrected chi connectivity index (χ1v) is 8.31. The summed E-state index contributed by atoms with van der Waals surface area (Å²) in [5.74, 6) is 0.361. The van der Waals surface area contributed by atoms with Gasteiger partial charge in [-0.15, -0.1) is 0 Å². The summed E-state index contributed by atoms with van der Waals surface area (Å²) in [6.45, 7) is 8.03. The highest BCUT2D eigenvalue weighted by Gasteiger charge is 2.39. The summed E-state index contributed by atoms with van der Waals surface area (Å²) in [4.78, 5) is 21.1. The van der Waals surface area contributed by atoms with E-state index in [9.17, 15) is 4.79 Å². The number of rotatable bonds is 7. The van der Waals surface area contributed by atoms with Crippen molar-refractivity contribution in [3.05, 3.63) is 17.5 Å². The zero-order chi connectivity index (χ0) is 15.5. The first-order valence-electron chi connectivity index (χ1n) is 7.33. The molecule has 1 fully saturated rings. The molecule has 0 amide bonds. The second-order valence-corrected chi connectivity index (χ2v) is 6.64. The third-order valence-corrected chi connectivity index (χ3v) is 4.44. The average Bonchev–Trinajstić information content (AvgIpc) is 3.19. The number of nitrogens with one attached hydrogen (secondary N) is 1. The van der Waals surface area contributed by atoms with Crippen LogP contribution >= 0.6 is 11.8 Å². The monoisotopic (exact) mass is 309 g/mol. The fraction of sp³-hybridized carbons (Fsp3) is 0.667. The third-order valence-electron chi connectivity index (χ3n) is 3.28. The molecule has 0 bridgehead atoms. The highest BCUT2D eigenvalue weighted by molar-refractivity contribution is 7.99. The molecule has 0 saturated heterocycles. The van der Waals surface area contributed by atoms with E-state index in [0.29, 0.717) is 23.6 Å². The van der Waals surface area contributed by atoms with Crippen LogP contribution < -0.4 is 5.32 Å². The number of hydrogen-bond donors (Lipinski definition) is 1. The van der Waals surface area contributed by atoms with E-state index in [2.05, 4.69) is 15.3 Å². The highest BCUT2D eigenvalue weighted by atomic mass is 32.2. The molecule has 1 aliphatic rings. The smallest absolute Gasteiger partial charge is 0.326 e. The van der Waals surface area contributed by atoms with Crippen molar-refractivity contribution in [2.45, 2.75) is 57.3 Å². The number of thioether (sulfide) groups is 1. The number of nitrogens with zero attached hydrogens (tertiary/aromatic N) is 2. The number of ether oxygens (including phenoxy) is 1. The molecular weight excluding hydrogens is 286 g/mol. The van der Waals surface area contributed by atoms with Gasteiger partial charge in [-0.1, -0.05) is 11.8 Å². The van der Waals surface area contributed by atoms with Crippen LogP contribution in [-0.2, 0) is 9.53 Å². The molecule has 1 heterocycles. The molecule has 1 unspecified atom stereocenters. The van der Waals surface area contributed by atoms with Crippen LogP contribution in [0, 0.1) is 13.8 Å². The Morgan fingerprint density at radius 1 is 1.43 bits per heavy atom. The molecule has 2 rings (SSSR count). The van der Waals surface area contributed by atoms with Gasteiger partial charge < -0.3 is 4.74 Å². The third kappa shape index (κ3) is 4.68. The molecule has 21 heavy (non-hydrogen) atoms. The maximum Gasteiger partial charge on any atom is 0.326 e. The summed E-state index contributed by atoms with van der Waals surface area (Å²) in [6.07, 6.45) is 2.25. The molecule has 1 aliphatic carbocycles. The fourth-order valence-electron chi connectivity index (χ4n) is 2.10. The molecule has 6 heteroatoms. The number of aryl methyl sites for hydroxylation is 2. The molecule has 1 aromatic heterocycles. The Morgan fingerprint density at radius 2 is 2.05 bits per heavy atom. The van der Waals surface area contributed by atoms with E-state index in [0.717, 1.165) is 24.2 Å². The Morgan fingerprint density at radius 3 is 2.57 bits per heavy atom. The summed E-state index contributed by atoms with van der Waals surface area (Å²) in [6, 6.07) is 2.37. The van der Waals surface area contributed by atoms with Gasteiger partial charge in [0.1, 0.15) is 5.54 Å². The minimum atomic E-state index is -0.692. The quantitative estimate of drug-likeness (QED) is 0.473. The number of carbonyl (C=O) groups excluding carboxylic acids is 1. The predicted octanol–water partition coefficient (Wildman–Crippen LogP) is 2.26. The van der Waals surface area contributed by atoms with Gasteiger partial charge in [0.05, 0.1) is 6.61 Å². The van der Waals surface area contributed by atoms with Gasteiger partial charge in [0.15, 0.2) is 5.16 Å². The van der Waals surface area contributed by atoms with Crippen molar-refractivity contribution < 1.29 is 9.53 Å². The molecule has 1 aromatic rings. The maximum absolute atomic E-state index is 12.2. The Hall–Kier alpha value is -1.14. The number of carbonyl (C=O) groups is 1. The molecular formula is C15H23N3O2S. The lowest BCUT2D eigenvalue weighted by Gasteiger charge is -2.28. The van der Waals surface area contributed by atoms with Gasteiger partial charge in [-0.25, -0.2) is 9.97 Å². The first-order chi connectivity index (χ1) is 9.93. The minimum Gasteiger partial charge on any atom is -0.465 e. The van der Waals surface area contributed by atoms with E-state index >= 15 is 0 Å². The summed E-state index contributed by atoms with van der Waals surface area (Å²) in [5, 5.41) is 4.11. The SMILES string of the molecule is CCOC(=O)C(C)(CSc1nc(C)cc(C)n1)NC1CC1. The second kappa shape index (κ2) is 6.75. The van der Waals surface area contributed by atoms with Crippen LogP contribution in [0.2, 0.25) is 0 Å². The normalized spacial score (nSPS) is 17.3. The lowest BCUT2D eigenvalue weighted by Crippen LogP contribution is -2.53. The minimum absolute atomic E-state index is 0.200. The summed E-state index contributed by atoms with van der Waals surface area (Å²) in [5.41, 5.74) is 1.19. The molecule has 0 aromatic carbocycles. The topological polar surface area (TPSA) is 64.1 Å². The van der Waals surface area contributed by atoms with Crippen molar-refractivity contribution in [2.24, 2.45) is 0 Å². The zero-order valence-electron chi connectivity index (χ0n) is 13.1. The Balaban J connectivity index is 2.05. The largest absolute Gasteiger partial charge is 0.465 e. The van der Waals surface area contributed by atoms with Gasteiger partial charge >= 0.3 is 5.97 Å². The van der Waals surface area contributed by atoms with Crippen molar-refractivity contribution in [2.75, 3.05) is 12.4 Å². The van der Waals surface area contributed by atoms with Gasteiger partial charge in [-0.2, -0.15) is 0 Å². The lowest BCUT2D eigenvalue weighted by atomic mass is 10.1. The van der Waals surface area contributed by atoms with E-state index in [4.69, 9.17) is 4.74 Å². The van der Waals surface area contributed by atoms with E-state index < -0.39 is 5.54 Å². The van der Waals surface area contributed by atoms with E-state index in [1.54, 1.807) is 0 Å². The maximum atomic E-state index is 12.2. The number of hydrogen-bond acceptors (Lipinski definition) is 6. The van der Waals surface area contributed by atoms with Crippen molar-refractivity contribution in [3.8, 4) is 0 Å². The number of esters is 1. The first kappa shape index (κ1) is 16.2. The molecule has 116 valence electrons. The van der Waals surface area contributed by atoms with Crippen molar-refractivity contribution in [1.29, 1.82) is 0 Å². The van der Waals surface area contributed by atoms with Crippen LogP contribution in [-0.4, -0.2) is 39.9 Å². The Kier molecular flexibility index (Phi) is 5.22. The summed E-state index contributed by atoms with van der Waals surface area (Å²) >= 11 is 1.49. The van der Waals surface area contributed by atoms with Crippen LogP contribution in [0.1, 0.15) is 38.1 Å². The van der Waals surface area contributed by atoms with Crippen LogP contribution in [0.5, 0.6) is 0 Å². The molecule has 0 radical (unpaired) electrons. The zero-order valence-corrected chi connectivity index (χ0v) is 13.9. The van der Waals surface area contributed by atoms with Crippen LogP contribution in [0.4, 0.5) is 0 Å². The molecule has 0 spiro atoms. The van der Waals surface area contributed by atoms with Crippen LogP contribution in [0.25, 0.3) is 0 Å². The molecule has 0 aliphatic heterocycles. The second-order valence-electron chi connectivity index (χ2n) is 5.69. The van der Waals surface area contributed by atoms with E-state index in [1.807, 2.05) is 33.8 Å².